The lowest BCUT2D eigenvalue weighted by molar-refractivity contribution is 0.791. The van der Waals surface area contributed by atoms with Crippen molar-refractivity contribution in [2.24, 2.45) is 0 Å². The van der Waals surface area contributed by atoms with Gasteiger partial charge in [0.25, 0.3) is 0 Å². The van der Waals surface area contributed by atoms with Gasteiger partial charge in [0, 0.05) is 11.1 Å². The molecule has 98 valence electrons. The van der Waals surface area contributed by atoms with Crippen molar-refractivity contribution in [2.45, 2.75) is 19.4 Å². The van der Waals surface area contributed by atoms with Crippen molar-refractivity contribution >= 4 is 49.6 Å². The molecule has 3 rings (SSSR count). The van der Waals surface area contributed by atoms with Crippen LogP contribution in [0.2, 0.25) is 5.02 Å². The smallest absolute Gasteiger partial charge is 0.184 e. The topological polar surface area (TPSA) is 24.9 Å². The van der Waals surface area contributed by atoms with Gasteiger partial charge in [0.1, 0.15) is 0 Å². The van der Waals surface area contributed by atoms with E-state index >= 15 is 0 Å². The van der Waals surface area contributed by atoms with E-state index in [4.69, 9.17) is 11.6 Å². The fraction of sp³-hybridized carbons (Fsp3) is 0.214. The molecule has 19 heavy (non-hydrogen) atoms. The zero-order valence-corrected chi connectivity index (χ0v) is 12.8. The maximum absolute atomic E-state index is 5.97. The number of rotatable bonds is 4. The molecular weight excluding hydrogens is 296 g/mol. The molecule has 1 N–H and O–H groups in total. The molecule has 1 unspecified atom stereocenters. The summed E-state index contributed by atoms with van der Waals surface area (Å²) in [4.78, 5) is 4.57. The lowest BCUT2D eigenvalue weighted by Gasteiger charge is -2.11. The molecule has 0 aliphatic carbocycles. The van der Waals surface area contributed by atoms with Gasteiger partial charge in [-0.05, 0) is 53.9 Å². The molecule has 0 aliphatic heterocycles. The predicted molar refractivity (Wildman–Crippen MR) is 85.7 cm³/mol. The molecule has 0 spiro atoms. The normalized spacial score (nSPS) is 12.7. The van der Waals surface area contributed by atoms with Crippen molar-refractivity contribution in [2.75, 3.05) is 5.32 Å². The maximum atomic E-state index is 5.97. The number of hydrogen-bond acceptors (Lipinski definition) is 4. The summed E-state index contributed by atoms with van der Waals surface area (Å²) in [6.07, 6.45) is 1.01. The lowest BCUT2D eigenvalue weighted by atomic mass is 10.1. The highest BCUT2D eigenvalue weighted by Crippen LogP contribution is 2.28. The minimum atomic E-state index is 0.366. The number of benzene rings is 1. The highest BCUT2D eigenvalue weighted by molar-refractivity contribution is 7.22. The first-order valence-electron chi connectivity index (χ1n) is 6.04. The number of halogens is 1. The number of aromatic nitrogens is 1. The molecule has 3 aromatic rings. The summed E-state index contributed by atoms with van der Waals surface area (Å²) in [6, 6.07) is 8.36. The van der Waals surface area contributed by atoms with Crippen LogP contribution < -0.4 is 5.32 Å². The monoisotopic (exact) mass is 308 g/mol. The molecule has 1 atom stereocenters. The third-order valence-corrected chi connectivity index (χ3v) is 4.78. The van der Waals surface area contributed by atoms with Gasteiger partial charge in [-0.2, -0.15) is 11.3 Å². The van der Waals surface area contributed by atoms with Gasteiger partial charge in [-0.3, -0.25) is 0 Å². The minimum absolute atomic E-state index is 0.366. The van der Waals surface area contributed by atoms with Gasteiger partial charge in [-0.1, -0.05) is 22.9 Å². The number of fused-ring (bicyclic) bond motifs is 1. The summed E-state index contributed by atoms with van der Waals surface area (Å²) in [7, 11) is 0. The molecule has 5 heteroatoms. The Morgan fingerprint density at radius 2 is 2.26 bits per heavy atom. The quantitative estimate of drug-likeness (QED) is 0.729. The van der Waals surface area contributed by atoms with E-state index in [9.17, 15) is 0 Å². The summed E-state index contributed by atoms with van der Waals surface area (Å²) >= 11 is 9.38. The second-order valence-corrected chi connectivity index (χ2v) is 6.76. The number of nitrogens with zero attached hydrogens (tertiary/aromatic N) is 1. The molecule has 0 bridgehead atoms. The summed E-state index contributed by atoms with van der Waals surface area (Å²) < 4.78 is 1.16. The Bertz CT molecular complexity index is 676. The third-order valence-electron chi connectivity index (χ3n) is 2.84. The fourth-order valence-corrected chi connectivity index (χ4v) is 3.79. The molecule has 0 radical (unpaired) electrons. The SMILES string of the molecule is CC(Cc1ccsc1)Nc1nc2cc(Cl)ccc2s1. The van der Waals surface area contributed by atoms with Crippen molar-refractivity contribution < 1.29 is 0 Å². The largest absolute Gasteiger partial charge is 0.359 e. The first-order valence-corrected chi connectivity index (χ1v) is 8.18. The fourth-order valence-electron chi connectivity index (χ4n) is 1.99. The van der Waals surface area contributed by atoms with E-state index in [0.717, 1.165) is 26.8 Å². The molecule has 0 amide bonds. The van der Waals surface area contributed by atoms with E-state index in [2.05, 4.69) is 34.1 Å². The number of thiophene rings is 1. The zero-order chi connectivity index (χ0) is 13.2. The highest BCUT2D eigenvalue weighted by atomic mass is 35.5. The van der Waals surface area contributed by atoms with Crippen LogP contribution in [0, 0.1) is 0 Å². The van der Waals surface area contributed by atoms with Gasteiger partial charge in [0.15, 0.2) is 5.13 Å². The maximum Gasteiger partial charge on any atom is 0.184 e. The van der Waals surface area contributed by atoms with Crippen molar-refractivity contribution in [1.82, 2.24) is 4.98 Å². The van der Waals surface area contributed by atoms with Crippen LogP contribution in [0.4, 0.5) is 5.13 Å². The van der Waals surface area contributed by atoms with Gasteiger partial charge in [0.05, 0.1) is 10.2 Å². The Labute approximate surface area is 125 Å². The standard InChI is InChI=1S/C14H13ClN2S2/c1-9(6-10-4-5-18-8-10)16-14-17-12-7-11(15)2-3-13(12)19-14/h2-5,7-9H,6H2,1H3,(H,16,17). The first-order chi connectivity index (χ1) is 9.20. The molecule has 1 aromatic carbocycles. The molecular formula is C14H13ClN2S2. The average molecular weight is 309 g/mol. The third kappa shape index (κ3) is 3.08. The summed E-state index contributed by atoms with van der Waals surface area (Å²) in [6.45, 7) is 2.18. The Morgan fingerprint density at radius 3 is 3.05 bits per heavy atom. The van der Waals surface area contributed by atoms with Gasteiger partial charge >= 0.3 is 0 Å². The highest BCUT2D eigenvalue weighted by Gasteiger charge is 2.08. The van der Waals surface area contributed by atoms with Crippen LogP contribution in [0.15, 0.2) is 35.0 Å². The van der Waals surface area contributed by atoms with Crippen LogP contribution in [0.25, 0.3) is 10.2 Å². The summed E-state index contributed by atoms with van der Waals surface area (Å²) in [5.74, 6) is 0. The average Bonchev–Trinajstić information content (AvgIpc) is 2.97. The molecule has 2 heterocycles. The van der Waals surface area contributed by atoms with Crippen molar-refractivity contribution in [3.05, 3.63) is 45.6 Å². The Balaban J connectivity index is 1.74. The molecule has 0 aliphatic rings. The predicted octanol–water partition coefficient (Wildman–Crippen LogP) is 5.05. The van der Waals surface area contributed by atoms with E-state index in [-0.39, 0.29) is 0 Å². The summed E-state index contributed by atoms with van der Waals surface area (Å²) in [5, 5.41) is 9.45. The van der Waals surface area contributed by atoms with Gasteiger partial charge < -0.3 is 5.32 Å². The minimum Gasteiger partial charge on any atom is -0.359 e. The van der Waals surface area contributed by atoms with E-state index in [1.807, 2.05) is 18.2 Å². The van der Waals surface area contributed by atoms with Gasteiger partial charge in [0.2, 0.25) is 0 Å². The van der Waals surface area contributed by atoms with E-state index in [1.165, 1.54) is 5.56 Å². The van der Waals surface area contributed by atoms with Crippen LogP contribution in [0.3, 0.4) is 0 Å². The molecule has 2 aromatic heterocycles. The second-order valence-electron chi connectivity index (χ2n) is 4.51. The number of nitrogens with one attached hydrogen (secondary N) is 1. The summed E-state index contributed by atoms with van der Waals surface area (Å²) in [5.41, 5.74) is 2.33. The number of hydrogen-bond donors (Lipinski definition) is 1. The van der Waals surface area contributed by atoms with Crippen LogP contribution in [-0.4, -0.2) is 11.0 Å². The van der Waals surface area contributed by atoms with Crippen LogP contribution in [-0.2, 0) is 6.42 Å². The van der Waals surface area contributed by atoms with Crippen molar-refractivity contribution in [1.29, 1.82) is 0 Å². The van der Waals surface area contributed by atoms with E-state index < -0.39 is 0 Å². The zero-order valence-electron chi connectivity index (χ0n) is 10.4. The molecule has 0 fully saturated rings. The Kier molecular flexibility index (Phi) is 3.73. The molecule has 2 nitrogen and oxygen atoms in total. The second kappa shape index (κ2) is 5.49. The van der Waals surface area contributed by atoms with Gasteiger partial charge in [-0.15, -0.1) is 0 Å². The van der Waals surface area contributed by atoms with Crippen molar-refractivity contribution in [3.8, 4) is 0 Å². The Morgan fingerprint density at radius 1 is 1.37 bits per heavy atom. The van der Waals surface area contributed by atoms with Crippen LogP contribution in [0.5, 0.6) is 0 Å². The number of thiazole rings is 1. The molecule has 0 saturated carbocycles. The van der Waals surface area contributed by atoms with Gasteiger partial charge in [-0.25, -0.2) is 4.98 Å². The number of anilines is 1. The van der Waals surface area contributed by atoms with Crippen LogP contribution in [0.1, 0.15) is 12.5 Å². The van der Waals surface area contributed by atoms with E-state index in [0.29, 0.717) is 6.04 Å². The lowest BCUT2D eigenvalue weighted by Crippen LogP contribution is -2.17. The van der Waals surface area contributed by atoms with Crippen molar-refractivity contribution in [3.63, 3.8) is 0 Å². The van der Waals surface area contributed by atoms with E-state index in [1.54, 1.807) is 22.7 Å². The molecule has 0 saturated heterocycles. The Hall–Kier alpha value is -1.10. The first kappa shape index (κ1) is 12.9. The van der Waals surface area contributed by atoms with Crippen LogP contribution >= 0.6 is 34.3 Å².